The molecule has 143 heavy (non-hydrogen) atoms. The number of nitrogens with zero attached hydrogens (tertiary/aromatic N) is 4. The first-order chi connectivity index (χ1) is 68.7. The van der Waals surface area contributed by atoms with E-state index in [0.717, 1.165) is 395 Å². The minimum absolute atomic E-state index is 0. The summed E-state index contributed by atoms with van der Waals surface area (Å²) < 4.78 is 0. The Morgan fingerprint density at radius 1 is 0.343 bits per heavy atom. The van der Waals surface area contributed by atoms with Crippen molar-refractivity contribution in [2.75, 3.05) is 0 Å². The summed E-state index contributed by atoms with van der Waals surface area (Å²) in [6, 6.07) is -1.38. The normalized spacial score (nSPS) is 25.7. The van der Waals surface area contributed by atoms with Gasteiger partial charge in [0.2, 0.25) is 0 Å². The van der Waals surface area contributed by atoms with Gasteiger partial charge in [-0.25, -0.2) is 39.1 Å². The molecule has 17 heteroatoms. The van der Waals surface area contributed by atoms with E-state index in [0.29, 0.717) is 48.0 Å². The third-order valence-corrected chi connectivity index (χ3v) is 32.3. The molecule has 0 spiro atoms. The summed E-state index contributed by atoms with van der Waals surface area (Å²) in [7, 11) is 0. The monoisotopic (exact) mass is 1980 g/mol. The van der Waals surface area contributed by atoms with Crippen LogP contribution in [0.1, 0.15) is 365 Å². The summed E-state index contributed by atoms with van der Waals surface area (Å²) in [6.07, 6.45) is 66.4. The second-order valence-electron chi connectivity index (χ2n) is 41.6. The molecule has 0 fully saturated rings. The fourth-order valence-electron chi connectivity index (χ4n) is 23.6. The molecular formula is C126H160N8O8Zn. The molecular weight excluding hydrogens is 1820 g/mol. The van der Waals surface area contributed by atoms with Crippen molar-refractivity contribution in [1.29, 1.82) is 0 Å². The van der Waals surface area contributed by atoms with Gasteiger partial charge in [-0.1, -0.05) is 222 Å². The number of aromatic nitrogens is 2. The number of allylic oxidation sites excluding steroid dienone is 30. The molecule has 16 bridgehead atoms. The average Bonchev–Trinajstić information content (AvgIpc) is 1.56. The Hall–Kier alpha value is -11.0. The Labute approximate surface area is 865 Å². The largest absolute Gasteiger partial charge is 0.481 e. The second kappa shape index (κ2) is 50.7. The molecule has 2 aromatic rings. The number of aliphatic imine (C=N–C) groups is 4. The summed E-state index contributed by atoms with van der Waals surface area (Å²) in [5, 5.41) is 35.4. The van der Waals surface area contributed by atoms with Gasteiger partial charge in [-0.2, -0.15) is 0 Å². The van der Waals surface area contributed by atoms with Crippen LogP contribution < -0.4 is 32.0 Å². The van der Waals surface area contributed by atoms with Gasteiger partial charge in [0.15, 0.2) is 0 Å². The molecule has 0 aromatic carbocycles. The summed E-state index contributed by atoms with van der Waals surface area (Å²) in [4.78, 5) is 113. The Kier molecular flexibility index (Phi) is 39.3. The fraction of sp³-hybridized carbons (Fsp3) is 0.508. The molecule has 14 rings (SSSR count). The van der Waals surface area contributed by atoms with Gasteiger partial charge in [0, 0.05) is 121 Å². The number of hydrogen-bond acceptors (Lipinski definition) is 12. The first-order valence-corrected chi connectivity index (χ1v) is 54.7. The Morgan fingerprint density at radius 3 is 0.895 bits per heavy atom. The molecule has 754 valence electrons. The standard InChI is InChI=1S/2C63H80N4O4.Zn/c2*1-11-17-23-43-28-30-50(45(33-43)37-68)56-58-39(7)47(25-19-13-3)52(64-58)35-53-48(26-20-14-4)40(8)60(65-53)57(51-31-29-44(24-18-12-2)34-46(51)38-69)61-42(10)63(62(70)71,32-22-16-6)55(67-61)36-54-49(27-21-15-5)41(9)59(56)66-54;/h2*28-31,33-36,50-51,55,64,67H,11-27,32H2,1-10H3,(H,70,71);/b2*52-35-,54-36-,58-56-,60-57-;. The van der Waals surface area contributed by atoms with Crippen molar-refractivity contribution in [3.05, 3.63) is 274 Å². The van der Waals surface area contributed by atoms with Gasteiger partial charge in [-0.05, 0) is 346 Å². The van der Waals surface area contributed by atoms with E-state index in [1.807, 2.05) is 38.2 Å². The van der Waals surface area contributed by atoms with Crippen molar-refractivity contribution in [3.8, 4) is 0 Å². The summed E-state index contributed by atoms with van der Waals surface area (Å²) >= 11 is 0. The zero-order valence-corrected chi connectivity index (χ0v) is 93.0. The van der Waals surface area contributed by atoms with Gasteiger partial charge in [0.25, 0.3) is 0 Å². The molecule has 16 nitrogen and oxygen atoms in total. The van der Waals surface area contributed by atoms with E-state index >= 15 is 0 Å². The topological polar surface area (TPSA) is 248 Å². The number of H-pyrrole nitrogens is 2. The molecule has 0 saturated carbocycles. The number of carboxylic acid groups (broad SMARTS) is 2. The molecule has 0 saturated heterocycles. The number of nitrogens with one attached hydrogen (secondary N) is 4. The van der Waals surface area contributed by atoms with E-state index in [1.54, 1.807) is 0 Å². The van der Waals surface area contributed by atoms with E-state index in [2.05, 4.69) is 242 Å². The smallest absolute Gasteiger partial charge is 0.316 e. The predicted molar refractivity (Wildman–Crippen MR) is 588 cm³/mol. The number of carbonyl (C=O) groups is 2. The van der Waals surface area contributed by atoms with E-state index in [-0.39, 0.29) is 19.5 Å². The Morgan fingerprint density at radius 2 is 0.615 bits per heavy atom. The maximum absolute atomic E-state index is 14.5. The molecule has 2 aromatic heterocycles. The van der Waals surface area contributed by atoms with Crippen LogP contribution in [0.25, 0.3) is 23.3 Å². The van der Waals surface area contributed by atoms with Crippen molar-refractivity contribution >= 4 is 81.8 Å². The SMILES string of the molecule is CCCCC1=CC(=C=O)C(/C2=C3N=C(/C=c4\[nH]/c(c(C)c4CCCC)=C(/C4C=CC(CCCC)=CC4=C=O)C4=N/C(=C\C5NC2=C(C)C5(CCCC)C(=O)O)C(CCCC)=C4C)C(CCCC)=C/3C)C=C1.CCCCC1=CC(=C=O)C(/C2=C3N=C(/C=c4\[nH]/c(c(C)c4CCCC)=C(/C4C=CC(CCCC)=CC4=C=O)C4=N/C(=C\C5NC2=C(C)C5(CCCC)C(=O)O)C(CCCC)=C4C)C(CCCC)=C/3C)C=C1.[Zn]. The average molecular weight is 1980 g/mol. The van der Waals surface area contributed by atoms with E-state index in [4.69, 9.17) is 20.0 Å². The van der Waals surface area contributed by atoms with E-state index < -0.39 is 58.5 Å². The van der Waals surface area contributed by atoms with Crippen LogP contribution in [0, 0.1) is 48.3 Å². The van der Waals surface area contributed by atoms with Gasteiger partial charge in [0.1, 0.15) is 34.6 Å². The van der Waals surface area contributed by atoms with Gasteiger partial charge >= 0.3 is 11.9 Å². The van der Waals surface area contributed by atoms with Crippen LogP contribution in [0.3, 0.4) is 0 Å². The first kappa shape index (κ1) is 111. The number of carbonyl (C=O) groups excluding carboxylic acids is 4. The van der Waals surface area contributed by atoms with Crippen LogP contribution >= 0.6 is 0 Å². The molecule has 6 N–H and O–H groups in total. The van der Waals surface area contributed by atoms with Crippen molar-refractivity contribution in [3.63, 3.8) is 0 Å². The van der Waals surface area contributed by atoms with Gasteiger partial charge in [0.05, 0.1) is 57.7 Å². The van der Waals surface area contributed by atoms with Crippen LogP contribution in [-0.2, 0) is 61.1 Å². The van der Waals surface area contributed by atoms with Crippen LogP contribution in [0.2, 0.25) is 0 Å². The Balaban J connectivity index is 0.000000253. The minimum atomic E-state index is -1.34. The van der Waals surface area contributed by atoms with Crippen LogP contribution in [-0.4, -0.2) is 90.8 Å². The molecule has 0 amide bonds. The van der Waals surface area contributed by atoms with Crippen LogP contribution in [0.5, 0.6) is 0 Å². The molecule has 8 unspecified atom stereocenters. The molecule has 10 heterocycles. The third-order valence-electron chi connectivity index (χ3n) is 32.3. The maximum Gasteiger partial charge on any atom is 0.316 e. The number of unbranched alkanes of at least 4 members (excludes halogenated alkanes) is 12. The fourth-order valence-corrected chi connectivity index (χ4v) is 23.6. The first-order valence-electron chi connectivity index (χ1n) is 54.7. The molecule has 12 aliphatic rings. The number of aromatic amines is 2. The number of hydrogen-bond donors (Lipinski definition) is 6. The Bertz CT molecular complexity index is 6190. The van der Waals surface area contributed by atoms with Crippen molar-refractivity contribution in [2.24, 2.45) is 54.5 Å². The predicted octanol–water partition coefficient (Wildman–Crippen LogP) is 26.6. The van der Waals surface area contributed by atoms with Gasteiger partial charge < -0.3 is 30.8 Å². The third kappa shape index (κ3) is 22.5. The summed E-state index contributed by atoms with van der Waals surface area (Å²) in [6.45, 7) is 43.3. The van der Waals surface area contributed by atoms with E-state index in [9.17, 15) is 39.0 Å². The maximum atomic E-state index is 14.5. The molecule has 8 aliphatic heterocycles. The zero-order valence-electron chi connectivity index (χ0n) is 90.0. The molecule has 8 atom stereocenters. The van der Waals surface area contributed by atoms with Gasteiger partial charge in [-0.15, -0.1) is 0 Å². The van der Waals surface area contributed by atoms with Crippen LogP contribution in [0.4, 0.5) is 0 Å². The van der Waals surface area contributed by atoms with Crippen LogP contribution in [0.15, 0.2) is 251 Å². The summed E-state index contributed by atoms with van der Waals surface area (Å²) in [5.41, 5.74) is 30.2. The quantitative estimate of drug-likeness (QED) is 0.0271. The molecule has 4 aliphatic carbocycles. The summed E-state index contributed by atoms with van der Waals surface area (Å²) in [5.74, 6) is 5.88. The minimum Gasteiger partial charge on any atom is -0.481 e. The van der Waals surface area contributed by atoms with Gasteiger partial charge in [-0.3, -0.25) is 9.59 Å². The van der Waals surface area contributed by atoms with Crippen molar-refractivity contribution < 1.29 is 58.5 Å². The van der Waals surface area contributed by atoms with Crippen molar-refractivity contribution in [1.82, 2.24) is 20.6 Å². The molecule has 0 radical (unpaired) electrons. The number of fused-ring (bicyclic) bond motifs is 12. The van der Waals surface area contributed by atoms with E-state index in [1.165, 1.54) is 11.1 Å². The second-order valence-corrected chi connectivity index (χ2v) is 41.6. The zero-order chi connectivity index (χ0) is 102. The number of aliphatic carboxylic acids is 2. The number of carboxylic acids is 2. The number of rotatable bonds is 42. The van der Waals surface area contributed by atoms with Crippen molar-refractivity contribution in [2.45, 2.75) is 382 Å².